The SMILES string of the molecule is CC(C)[C@@H](NC(=O)CCC(=O)OCC(=O)[C@@]1(O)CC[C@H]2[C@H]3CCC4=CC(=O)CC[C@]4(C)[C@@H]3[C@@H](O)C[C@@]21C)C(=O)N[C@@H](CO)C(=O)O. The molecule has 13 nitrogen and oxygen atoms in total. The van der Waals surface area contributed by atoms with E-state index in [4.69, 9.17) is 14.9 Å². The van der Waals surface area contributed by atoms with Gasteiger partial charge in [-0.3, -0.25) is 24.0 Å². The normalized spacial score (nSPS) is 34.7. The molecule has 4 rings (SSSR count). The first-order valence-electron chi connectivity index (χ1n) is 16.2. The van der Waals surface area contributed by atoms with Gasteiger partial charge in [0.1, 0.15) is 17.7 Å². The predicted molar refractivity (Wildman–Crippen MR) is 162 cm³/mol. The minimum atomic E-state index is -1.80. The van der Waals surface area contributed by atoms with Crippen LogP contribution in [0.1, 0.15) is 85.5 Å². The van der Waals surface area contributed by atoms with Crippen LogP contribution in [-0.2, 0) is 33.5 Å². The molecule has 256 valence electrons. The van der Waals surface area contributed by atoms with E-state index in [9.17, 15) is 39.0 Å². The number of aliphatic hydroxyl groups excluding tert-OH is 2. The molecule has 0 radical (unpaired) electrons. The van der Waals surface area contributed by atoms with Crippen molar-refractivity contribution in [1.29, 1.82) is 0 Å². The van der Waals surface area contributed by atoms with E-state index in [-0.39, 0.29) is 48.2 Å². The molecule has 13 heteroatoms. The van der Waals surface area contributed by atoms with Crippen molar-refractivity contribution in [2.24, 2.45) is 34.5 Å². The molecule has 0 spiro atoms. The lowest BCUT2D eigenvalue weighted by atomic mass is 9.45. The predicted octanol–water partition coefficient (Wildman–Crippen LogP) is 0.815. The molecule has 0 unspecified atom stereocenters. The molecule has 0 aromatic rings. The number of ketones is 2. The lowest BCUT2D eigenvalue weighted by Crippen LogP contribution is -2.62. The van der Waals surface area contributed by atoms with Crippen LogP contribution in [0, 0.1) is 34.5 Å². The fourth-order valence-electron chi connectivity index (χ4n) is 8.93. The van der Waals surface area contributed by atoms with E-state index in [1.165, 1.54) is 0 Å². The first kappa shape index (κ1) is 35.7. The number of fused-ring (bicyclic) bond motifs is 5. The summed E-state index contributed by atoms with van der Waals surface area (Å²) in [4.78, 5) is 74.2. The highest BCUT2D eigenvalue weighted by Gasteiger charge is 2.68. The number of amides is 2. The summed E-state index contributed by atoms with van der Waals surface area (Å²) in [7, 11) is 0. The quantitative estimate of drug-likeness (QED) is 0.163. The third-order valence-corrected chi connectivity index (χ3v) is 11.5. The van der Waals surface area contributed by atoms with Crippen molar-refractivity contribution in [2.75, 3.05) is 13.2 Å². The number of carbonyl (C=O) groups excluding carboxylic acids is 5. The molecule has 2 amide bonds. The number of carbonyl (C=O) groups is 6. The van der Waals surface area contributed by atoms with E-state index in [2.05, 4.69) is 17.6 Å². The Balaban J connectivity index is 1.33. The summed E-state index contributed by atoms with van der Waals surface area (Å²) in [6.07, 6.45) is 3.81. The van der Waals surface area contributed by atoms with E-state index < -0.39 is 84.3 Å². The maximum Gasteiger partial charge on any atom is 0.328 e. The maximum atomic E-state index is 13.5. The minimum absolute atomic E-state index is 0.0282. The maximum absolute atomic E-state index is 13.5. The largest absolute Gasteiger partial charge is 0.480 e. The van der Waals surface area contributed by atoms with E-state index >= 15 is 0 Å². The molecule has 46 heavy (non-hydrogen) atoms. The highest BCUT2D eigenvalue weighted by molar-refractivity contribution is 5.93. The van der Waals surface area contributed by atoms with Crippen LogP contribution >= 0.6 is 0 Å². The summed E-state index contributed by atoms with van der Waals surface area (Å²) >= 11 is 0. The highest BCUT2D eigenvalue weighted by Crippen LogP contribution is 2.67. The van der Waals surface area contributed by atoms with Crippen molar-refractivity contribution >= 4 is 35.3 Å². The van der Waals surface area contributed by atoms with E-state index in [0.29, 0.717) is 19.3 Å². The number of esters is 1. The zero-order chi connectivity index (χ0) is 34.2. The van der Waals surface area contributed by atoms with Crippen molar-refractivity contribution < 1.29 is 53.9 Å². The van der Waals surface area contributed by atoms with Gasteiger partial charge in [0.15, 0.2) is 12.4 Å². The Labute approximate surface area is 268 Å². The van der Waals surface area contributed by atoms with Crippen molar-refractivity contribution in [2.45, 2.75) is 109 Å². The summed E-state index contributed by atoms with van der Waals surface area (Å²) in [6, 6.07) is -2.66. The van der Waals surface area contributed by atoms with E-state index in [0.717, 1.165) is 18.4 Å². The van der Waals surface area contributed by atoms with Crippen LogP contribution in [0.4, 0.5) is 0 Å². The number of allylic oxidation sites excluding steroid dienone is 1. The average molecular weight is 649 g/mol. The first-order valence-corrected chi connectivity index (χ1v) is 16.2. The third-order valence-electron chi connectivity index (χ3n) is 11.5. The van der Waals surface area contributed by atoms with Gasteiger partial charge in [-0.05, 0) is 73.7 Å². The number of rotatable bonds is 12. The zero-order valence-corrected chi connectivity index (χ0v) is 27.0. The van der Waals surface area contributed by atoms with Crippen LogP contribution < -0.4 is 10.6 Å². The minimum Gasteiger partial charge on any atom is -0.480 e. The second-order valence-electron chi connectivity index (χ2n) is 14.4. The van der Waals surface area contributed by atoms with Gasteiger partial charge >= 0.3 is 11.9 Å². The van der Waals surface area contributed by atoms with Crippen LogP contribution in [0.15, 0.2) is 11.6 Å². The number of hydrogen-bond donors (Lipinski definition) is 6. The molecule has 6 N–H and O–H groups in total. The average Bonchev–Trinajstić information content (AvgIpc) is 3.26. The summed E-state index contributed by atoms with van der Waals surface area (Å²) in [5.74, 6) is -4.76. The van der Waals surface area contributed by atoms with Crippen LogP contribution in [0.5, 0.6) is 0 Å². The summed E-state index contributed by atoms with van der Waals surface area (Å²) in [5, 5.41) is 46.2. The Morgan fingerprint density at radius 3 is 2.37 bits per heavy atom. The number of aliphatic carboxylic acids is 1. The highest BCUT2D eigenvalue weighted by atomic mass is 16.5. The number of hydrogen-bond acceptors (Lipinski definition) is 10. The van der Waals surface area contributed by atoms with Gasteiger partial charge < -0.3 is 35.8 Å². The Bertz CT molecular complexity index is 1300. The summed E-state index contributed by atoms with van der Waals surface area (Å²) in [5.41, 5.74) is -1.94. The molecule has 0 heterocycles. The Morgan fingerprint density at radius 1 is 1.04 bits per heavy atom. The molecular weight excluding hydrogens is 600 g/mol. The van der Waals surface area contributed by atoms with Crippen molar-refractivity contribution in [3.05, 3.63) is 11.6 Å². The fourth-order valence-corrected chi connectivity index (χ4v) is 8.93. The second-order valence-corrected chi connectivity index (χ2v) is 14.4. The van der Waals surface area contributed by atoms with Gasteiger partial charge in [-0.25, -0.2) is 4.79 Å². The lowest BCUT2D eigenvalue weighted by Gasteiger charge is -2.60. The standard InChI is InChI=1S/C33H48N2O11/c1-17(2)28(29(42)34-22(15-36)30(43)44)35-25(40)7-8-26(41)46-16-24(39)33(45)12-10-21-20-6-5-18-13-19(37)9-11-31(18,3)27(20)23(38)14-32(21,33)4/h13,17,20-23,27-28,36,38,45H,5-12,14-16H2,1-4H3,(H,34,42)(H,35,40)(H,43,44)/t20-,21+,22+,23+,27+,28-,31+,32+,33+/m1/s1. The van der Waals surface area contributed by atoms with Gasteiger partial charge in [0.25, 0.3) is 0 Å². The molecule has 0 bridgehead atoms. The molecule has 9 atom stereocenters. The Morgan fingerprint density at radius 2 is 1.74 bits per heavy atom. The molecule has 4 aliphatic rings. The summed E-state index contributed by atoms with van der Waals surface area (Å²) in [6.45, 7) is 5.71. The number of ether oxygens (including phenoxy) is 1. The van der Waals surface area contributed by atoms with Gasteiger partial charge in [0.2, 0.25) is 17.6 Å². The molecular formula is C33H48N2O11. The van der Waals surface area contributed by atoms with Crippen LogP contribution in [0.2, 0.25) is 0 Å². The Hall–Kier alpha value is -3.16. The van der Waals surface area contributed by atoms with E-state index in [1.807, 2.05) is 6.92 Å². The topological polar surface area (TPSA) is 217 Å². The molecule has 4 aliphatic carbocycles. The first-order chi connectivity index (χ1) is 21.5. The van der Waals surface area contributed by atoms with Crippen LogP contribution in [0.3, 0.4) is 0 Å². The Kier molecular flexibility index (Phi) is 10.5. The van der Waals surface area contributed by atoms with Gasteiger partial charge in [-0.2, -0.15) is 0 Å². The molecule has 0 aromatic carbocycles. The number of carboxylic acid groups (broad SMARTS) is 1. The summed E-state index contributed by atoms with van der Waals surface area (Å²) < 4.78 is 5.18. The molecule has 3 saturated carbocycles. The van der Waals surface area contributed by atoms with Gasteiger partial charge in [0, 0.05) is 18.3 Å². The molecule has 0 saturated heterocycles. The van der Waals surface area contributed by atoms with Crippen molar-refractivity contribution in [3.8, 4) is 0 Å². The number of carboxylic acids is 1. The smallest absolute Gasteiger partial charge is 0.328 e. The zero-order valence-electron chi connectivity index (χ0n) is 27.0. The van der Waals surface area contributed by atoms with Gasteiger partial charge in [0.05, 0.1) is 19.1 Å². The van der Waals surface area contributed by atoms with Crippen LogP contribution in [0.25, 0.3) is 0 Å². The fraction of sp³-hybridized carbons (Fsp3) is 0.758. The lowest BCUT2D eigenvalue weighted by molar-refractivity contribution is -0.184. The number of nitrogens with one attached hydrogen (secondary N) is 2. The van der Waals surface area contributed by atoms with Crippen molar-refractivity contribution in [3.63, 3.8) is 0 Å². The second kappa shape index (κ2) is 13.5. The number of Topliss-reactive ketones (excluding diaryl/α,β-unsaturated/α-hetero) is 1. The molecule has 0 aromatic heterocycles. The number of aliphatic hydroxyl groups is 3. The van der Waals surface area contributed by atoms with Crippen molar-refractivity contribution in [1.82, 2.24) is 10.6 Å². The monoisotopic (exact) mass is 648 g/mol. The van der Waals surface area contributed by atoms with Gasteiger partial charge in [-0.1, -0.05) is 33.3 Å². The van der Waals surface area contributed by atoms with Gasteiger partial charge in [-0.15, -0.1) is 0 Å². The third kappa shape index (κ3) is 6.50. The van der Waals surface area contributed by atoms with E-state index in [1.54, 1.807) is 19.9 Å². The molecule has 0 aliphatic heterocycles. The molecule has 3 fully saturated rings. The van der Waals surface area contributed by atoms with Crippen LogP contribution in [-0.4, -0.2) is 92.7 Å².